The first-order chi connectivity index (χ1) is 15.4. The van der Waals surface area contributed by atoms with Gasteiger partial charge in [0.2, 0.25) is 0 Å². The molecule has 10 heteroatoms. The van der Waals surface area contributed by atoms with E-state index in [9.17, 15) is 18.0 Å². The summed E-state index contributed by atoms with van der Waals surface area (Å²) in [5.41, 5.74) is 0.757. The van der Waals surface area contributed by atoms with Gasteiger partial charge >= 0.3 is 6.18 Å². The molecule has 0 bridgehead atoms. The fourth-order valence-electron chi connectivity index (χ4n) is 3.69. The smallest absolute Gasteiger partial charge is 0.379 e. The van der Waals surface area contributed by atoms with Crippen LogP contribution >= 0.6 is 0 Å². The second-order valence-electron chi connectivity index (χ2n) is 7.40. The number of aromatic nitrogens is 5. The predicted octanol–water partition coefficient (Wildman–Crippen LogP) is 3.90. The minimum Gasteiger partial charge on any atom is -0.379 e. The standard InChI is InChI=1S/C22H16F3N5O2/c23-22(24,25)14-3-4-17(27-10-14)18-8-16-20(19(29-18)13-2-1-6-26-9-13)28-12-30(21(16)31)15-5-7-32-11-15/h1-4,6,8-10,12,15H,5,7,11H2. The number of fused-ring (bicyclic) bond motifs is 1. The van der Waals surface area contributed by atoms with Gasteiger partial charge in [0, 0.05) is 30.8 Å². The lowest BCUT2D eigenvalue weighted by molar-refractivity contribution is -0.137. The number of hydrogen-bond donors (Lipinski definition) is 0. The second kappa shape index (κ2) is 7.79. The Hall–Kier alpha value is -3.66. The summed E-state index contributed by atoms with van der Waals surface area (Å²) in [6.07, 6.45) is 1.63. The molecule has 0 radical (unpaired) electrons. The quantitative estimate of drug-likeness (QED) is 0.482. The summed E-state index contributed by atoms with van der Waals surface area (Å²) in [7, 11) is 0. The van der Waals surface area contributed by atoms with E-state index in [4.69, 9.17) is 4.74 Å². The monoisotopic (exact) mass is 439 g/mol. The summed E-state index contributed by atoms with van der Waals surface area (Å²) in [6.45, 7) is 0.980. The minimum atomic E-state index is -4.50. The largest absolute Gasteiger partial charge is 0.417 e. The molecular formula is C22H16F3N5O2. The molecular weight excluding hydrogens is 423 g/mol. The lowest BCUT2D eigenvalue weighted by Crippen LogP contribution is -2.25. The van der Waals surface area contributed by atoms with Crippen molar-refractivity contribution in [2.24, 2.45) is 0 Å². The fourth-order valence-corrected chi connectivity index (χ4v) is 3.69. The molecule has 4 aromatic rings. The Labute approximate surface area is 179 Å². The van der Waals surface area contributed by atoms with Crippen LogP contribution < -0.4 is 5.56 Å². The number of alkyl halides is 3. The van der Waals surface area contributed by atoms with E-state index in [-0.39, 0.29) is 23.0 Å². The van der Waals surface area contributed by atoms with Crippen LogP contribution in [0, 0.1) is 0 Å². The average molecular weight is 439 g/mol. The van der Waals surface area contributed by atoms with E-state index in [1.807, 2.05) is 0 Å². The van der Waals surface area contributed by atoms with Crippen molar-refractivity contribution in [3.63, 3.8) is 0 Å². The maximum Gasteiger partial charge on any atom is 0.417 e. The third-order valence-electron chi connectivity index (χ3n) is 5.36. The molecule has 0 spiro atoms. The molecule has 0 N–H and O–H groups in total. The Kier molecular flexibility index (Phi) is 4.93. The number of ether oxygens (including phenoxy) is 1. The second-order valence-corrected chi connectivity index (χ2v) is 7.40. The number of hydrogen-bond acceptors (Lipinski definition) is 6. The van der Waals surface area contributed by atoms with Gasteiger partial charge in [-0.2, -0.15) is 13.2 Å². The van der Waals surface area contributed by atoms with Gasteiger partial charge in [0.1, 0.15) is 5.52 Å². The maximum atomic E-state index is 13.3. The fraction of sp³-hybridized carbons (Fsp3) is 0.227. The van der Waals surface area contributed by atoms with E-state index in [0.29, 0.717) is 41.8 Å². The van der Waals surface area contributed by atoms with E-state index < -0.39 is 11.7 Å². The summed E-state index contributed by atoms with van der Waals surface area (Å²) in [6, 6.07) is 7.08. The number of pyridine rings is 3. The molecule has 1 aliphatic heterocycles. The predicted molar refractivity (Wildman–Crippen MR) is 110 cm³/mol. The van der Waals surface area contributed by atoms with Crippen LogP contribution in [0.1, 0.15) is 18.0 Å². The molecule has 5 heterocycles. The molecule has 32 heavy (non-hydrogen) atoms. The molecule has 0 aromatic carbocycles. The van der Waals surface area contributed by atoms with Gasteiger partial charge in [-0.3, -0.25) is 19.3 Å². The van der Waals surface area contributed by atoms with Crippen LogP contribution in [0.5, 0.6) is 0 Å². The Morgan fingerprint density at radius 2 is 1.97 bits per heavy atom. The van der Waals surface area contributed by atoms with Gasteiger partial charge < -0.3 is 4.74 Å². The van der Waals surface area contributed by atoms with Gasteiger partial charge in [-0.05, 0) is 36.8 Å². The first-order valence-corrected chi connectivity index (χ1v) is 9.85. The van der Waals surface area contributed by atoms with Crippen molar-refractivity contribution in [3.05, 3.63) is 71.2 Å². The van der Waals surface area contributed by atoms with Crippen molar-refractivity contribution in [1.82, 2.24) is 24.5 Å². The van der Waals surface area contributed by atoms with Gasteiger partial charge in [-0.1, -0.05) is 0 Å². The van der Waals surface area contributed by atoms with Crippen LogP contribution in [-0.4, -0.2) is 37.7 Å². The molecule has 0 saturated carbocycles. The normalized spacial score (nSPS) is 16.5. The number of nitrogens with zero attached hydrogens (tertiary/aromatic N) is 5. The SMILES string of the molecule is O=c1c2cc(-c3ccc(C(F)(F)F)cn3)nc(-c3cccnc3)c2ncn1C1CCOC1. The van der Waals surface area contributed by atoms with Crippen LogP contribution in [0.25, 0.3) is 33.5 Å². The molecule has 1 aliphatic rings. The van der Waals surface area contributed by atoms with E-state index in [0.717, 1.165) is 12.3 Å². The summed E-state index contributed by atoms with van der Waals surface area (Å²) in [4.78, 5) is 30.4. The van der Waals surface area contributed by atoms with Crippen LogP contribution in [0.2, 0.25) is 0 Å². The zero-order valence-electron chi connectivity index (χ0n) is 16.6. The molecule has 1 unspecified atom stereocenters. The molecule has 4 aromatic heterocycles. The zero-order chi connectivity index (χ0) is 22.3. The van der Waals surface area contributed by atoms with E-state index in [1.165, 1.54) is 23.0 Å². The summed E-state index contributed by atoms with van der Waals surface area (Å²) >= 11 is 0. The summed E-state index contributed by atoms with van der Waals surface area (Å²) in [5.74, 6) is 0. The van der Waals surface area contributed by atoms with E-state index >= 15 is 0 Å². The van der Waals surface area contributed by atoms with Crippen molar-refractivity contribution in [2.45, 2.75) is 18.6 Å². The van der Waals surface area contributed by atoms with Crippen molar-refractivity contribution < 1.29 is 17.9 Å². The first-order valence-electron chi connectivity index (χ1n) is 9.85. The molecule has 5 rings (SSSR count). The van der Waals surface area contributed by atoms with Crippen LogP contribution in [0.4, 0.5) is 13.2 Å². The highest BCUT2D eigenvalue weighted by Gasteiger charge is 2.31. The van der Waals surface area contributed by atoms with Crippen molar-refractivity contribution in [3.8, 4) is 22.6 Å². The molecule has 1 fully saturated rings. The lowest BCUT2D eigenvalue weighted by Gasteiger charge is -2.14. The molecule has 1 saturated heterocycles. The Morgan fingerprint density at radius 3 is 2.62 bits per heavy atom. The van der Waals surface area contributed by atoms with Gasteiger partial charge in [0.15, 0.2) is 0 Å². The molecule has 0 aliphatic carbocycles. The lowest BCUT2D eigenvalue weighted by atomic mass is 10.1. The van der Waals surface area contributed by atoms with E-state index in [2.05, 4.69) is 19.9 Å². The Balaban J connectivity index is 1.72. The number of rotatable bonds is 3. The van der Waals surface area contributed by atoms with Crippen LogP contribution in [0.15, 0.2) is 60.0 Å². The van der Waals surface area contributed by atoms with Crippen molar-refractivity contribution >= 4 is 10.9 Å². The van der Waals surface area contributed by atoms with Gasteiger partial charge in [-0.15, -0.1) is 0 Å². The van der Waals surface area contributed by atoms with Gasteiger partial charge in [-0.25, -0.2) is 9.97 Å². The highest BCUT2D eigenvalue weighted by Crippen LogP contribution is 2.31. The van der Waals surface area contributed by atoms with Crippen LogP contribution in [-0.2, 0) is 10.9 Å². The third kappa shape index (κ3) is 3.62. The Bertz CT molecular complexity index is 1330. The molecule has 162 valence electrons. The first kappa shape index (κ1) is 20.3. The highest BCUT2D eigenvalue weighted by atomic mass is 19.4. The molecule has 0 amide bonds. The molecule has 7 nitrogen and oxygen atoms in total. The topological polar surface area (TPSA) is 82.8 Å². The summed E-state index contributed by atoms with van der Waals surface area (Å²) in [5, 5.41) is 0.296. The van der Waals surface area contributed by atoms with Crippen LogP contribution in [0.3, 0.4) is 0 Å². The van der Waals surface area contributed by atoms with Crippen molar-refractivity contribution in [2.75, 3.05) is 13.2 Å². The van der Waals surface area contributed by atoms with Gasteiger partial charge in [0.25, 0.3) is 5.56 Å². The highest BCUT2D eigenvalue weighted by molar-refractivity contribution is 5.93. The minimum absolute atomic E-state index is 0.123. The summed E-state index contributed by atoms with van der Waals surface area (Å²) < 4.78 is 45.7. The van der Waals surface area contributed by atoms with Gasteiger partial charge in [0.05, 0.1) is 47.0 Å². The average Bonchev–Trinajstić information content (AvgIpc) is 3.34. The van der Waals surface area contributed by atoms with E-state index in [1.54, 1.807) is 24.5 Å². The van der Waals surface area contributed by atoms with Crippen molar-refractivity contribution in [1.29, 1.82) is 0 Å². The Morgan fingerprint density at radius 1 is 1.09 bits per heavy atom. The third-order valence-corrected chi connectivity index (χ3v) is 5.36. The maximum absolute atomic E-state index is 13.3. The zero-order valence-corrected chi connectivity index (χ0v) is 16.6. The number of halogens is 3. The molecule has 1 atom stereocenters.